The van der Waals surface area contributed by atoms with Crippen molar-refractivity contribution in [2.24, 2.45) is 11.7 Å². The molecule has 57 heavy (non-hydrogen) atoms. The molecule has 302 valence electrons. The molecule has 1 saturated heterocycles. The molecule has 3 aliphatic heterocycles. The van der Waals surface area contributed by atoms with Crippen LogP contribution in [0, 0.1) is 23.1 Å². The van der Waals surface area contributed by atoms with E-state index in [0.717, 1.165) is 29.5 Å². The van der Waals surface area contributed by atoms with Crippen molar-refractivity contribution < 1.29 is 37.8 Å². The van der Waals surface area contributed by atoms with E-state index < -0.39 is 34.9 Å². The predicted molar refractivity (Wildman–Crippen MR) is 211 cm³/mol. The predicted octanol–water partition coefficient (Wildman–Crippen LogP) is 6.96. The lowest BCUT2D eigenvalue weighted by molar-refractivity contribution is -0.155. The van der Waals surface area contributed by atoms with Gasteiger partial charge in [0.1, 0.15) is 35.4 Å². The SMILES string of the molecule is CC(C)(C)OC(=O)CC[C@@H](C(N)=O)N1Cc2c(OCc3ccc4c(c3)CCN(C(=O)OC(C)(C)C)C4C3CCN(c4ccc(C#N)cc4F)CC3)cccc2C1=O. The zero-order valence-corrected chi connectivity index (χ0v) is 33.6. The summed E-state index contributed by atoms with van der Waals surface area (Å²) in [6, 6.07) is 16.7. The first-order valence-corrected chi connectivity index (χ1v) is 19.5. The molecule has 0 radical (unpaired) electrons. The average molecular weight is 782 g/mol. The van der Waals surface area contributed by atoms with E-state index in [-0.39, 0.29) is 55.5 Å². The Kier molecular flexibility index (Phi) is 11.8. The van der Waals surface area contributed by atoms with Crippen LogP contribution in [0.4, 0.5) is 14.9 Å². The van der Waals surface area contributed by atoms with Gasteiger partial charge >= 0.3 is 12.1 Å². The quantitative estimate of drug-likeness (QED) is 0.215. The summed E-state index contributed by atoms with van der Waals surface area (Å²) in [7, 11) is 0. The summed E-state index contributed by atoms with van der Waals surface area (Å²) in [6.45, 7) is 12.8. The number of ether oxygens (including phenoxy) is 3. The molecular formula is C44H52FN5O7. The molecule has 6 rings (SSSR count). The van der Waals surface area contributed by atoms with Crippen LogP contribution < -0.4 is 15.4 Å². The molecule has 1 fully saturated rings. The molecule has 3 aromatic rings. The van der Waals surface area contributed by atoms with Gasteiger partial charge in [-0.3, -0.25) is 14.4 Å². The second-order valence-electron chi connectivity index (χ2n) is 17.1. The van der Waals surface area contributed by atoms with Gasteiger partial charge in [-0.15, -0.1) is 0 Å². The molecule has 3 aromatic carbocycles. The van der Waals surface area contributed by atoms with Crippen molar-refractivity contribution in [3.8, 4) is 11.8 Å². The van der Waals surface area contributed by atoms with Crippen LogP contribution in [0.2, 0.25) is 0 Å². The first kappa shape index (κ1) is 41.0. The van der Waals surface area contributed by atoms with Crippen molar-refractivity contribution in [3.63, 3.8) is 0 Å². The number of carbonyl (C=O) groups excluding carboxylic acids is 4. The number of amides is 3. The number of primary amides is 1. The number of benzene rings is 3. The minimum absolute atomic E-state index is 0.0381. The first-order valence-electron chi connectivity index (χ1n) is 19.5. The Labute approximate surface area is 333 Å². The number of hydrogen-bond acceptors (Lipinski definition) is 9. The minimum atomic E-state index is -0.997. The fraction of sp³-hybridized carbons (Fsp3) is 0.477. The van der Waals surface area contributed by atoms with Crippen molar-refractivity contribution >= 4 is 29.6 Å². The molecule has 2 N–H and O–H groups in total. The van der Waals surface area contributed by atoms with Gasteiger partial charge < -0.3 is 34.6 Å². The number of hydrogen-bond donors (Lipinski definition) is 1. The van der Waals surface area contributed by atoms with Gasteiger partial charge in [0, 0.05) is 37.2 Å². The van der Waals surface area contributed by atoms with Crippen LogP contribution in [0.1, 0.15) is 111 Å². The van der Waals surface area contributed by atoms with Gasteiger partial charge in [-0.1, -0.05) is 24.3 Å². The molecule has 0 bridgehead atoms. The number of rotatable bonds is 10. The Morgan fingerprint density at radius 3 is 2.33 bits per heavy atom. The second kappa shape index (κ2) is 16.5. The number of esters is 1. The molecule has 0 aliphatic carbocycles. The normalized spacial score (nSPS) is 17.7. The van der Waals surface area contributed by atoms with Crippen molar-refractivity contribution in [1.29, 1.82) is 5.26 Å². The van der Waals surface area contributed by atoms with Crippen LogP contribution in [0.15, 0.2) is 54.6 Å². The molecule has 0 spiro atoms. The molecular weight excluding hydrogens is 730 g/mol. The molecule has 0 saturated carbocycles. The highest BCUT2D eigenvalue weighted by molar-refractivity contribution is 6.01. The number of piperidine rings is 1. The van der Waals surface area contributed by atoms with Crippen LogP contribution in [0.5, 0.6) is 5.75 Å². The molecule has 3 amide bonds. The fourth-order valence-corrected chi connectivity index (χ4v) is 8.10. The zero-order valence-electron chi connectivity index (χ0n) is 33.6. The molecule has 3 aliphatic rings. The minimum Gasteiger partial charge on any atom is -0.489 e. The first-order chi connectivity index (χ1) is 26.9. The number of nitrogens with zero attached hydrogens (tertiary/aromatic N) is 4. The van der Waals surface area contributed by atoms with E-state index in [1.807, 2.05) is 42.7 Å². The molecule has 0 aromatic heterocycles. The van der Waals surface area contributed by atoms with Crippen LogP contribution in [0.3, 0.4) is 0 Å². The van der Waals surface area contributed by atoms with E-state index in [9.17, 15) is 28.8 Å². The largest absolute Gasteiger partial charge is 0.489 e. The monoisotopic (exact) mass is 781 g/mol. The summed E-state index contributed by atoms with van der Waals surface area (Å²) in [5, 5.41) is 9.18. The fourth-order valence-electron chi connectivity index (χ4n) is 8.10. The maximum atomic E-state index is 14.9. The number of nitrogens with two attached hydrogens (primary N) is 1. The second-order valence-corrected chi connectivity index (χ2v) is 17.1. The molecule has 2 atom stereocenters. The maximum absolute atomic E-state index is 14.9. The molecule has 1 unspecified atom stereocenters. The molecule has 3 heterocycles. The van der Waals surface area contributed by atoms with Gasteiger partial charge in [-0.2, -0.15) is 5.26 Å². The van der Waals surface area contributed by atoms with Crippen LogP contribution in [-0.2, 0) is 38.6 Å². The van der Waals surface area contributed by atoms with Crippen LogP contribution in [-0.4, -0.2) is 70.6 Å². The van der Waals surface area contributed by atoms with Crippen LogP contribution in [0.25, 0.3) is 0 Å². The average Bonchev–Trinajstić information content (AvgIpc) is 3.47. The topological polar surface area (TPSA) is 155 Å². The standard InChI is InChI=1S/C44H52FN5O7/c1-43(2,3)56-38(51)15-14-36(40(47)52)50-25-33-32(41(50)53)8-7-9-37(33)55-26-28-10-12-31-30(22-28)18-21-49(42(54)57-44(4,5)6)39(31)29-16-19-48(20-17-29)35-13-11-27(24-46)23-34(35)45/h7-13,22-23,29,36,39H,14-21,25-26H2,1-6H3,(H2,47,52)/t36-,39?/m0/s1. The van der Waals surface area contributed by atoms with E-state index in [4.69, 9.17) is 19.9 Å². The van der Waals surface area contributed by atoms with Crippen molar-refractivity contribution in [2.45, 2.75) is 110 Å². The Balaban J connectivity index is 1.17. The third-order valence-electron chi connectivity index (χ3n) is 10.6. The Hall–Kier alpha value is -5.64. The number of halogens is 1. The Morgan fingerprint density at radius 2 is 1.68 bits per heavy atom. The van der Waals surface area contributed by atoms with E-state index in [1.165, 1.54) is 11.0 Å². The van der Waals surface area contributed by atoms with Gasteiger partial charge in [0.15, 0.2) is 0 Å². The van der Waals surface area contributed by atoms with Crippen LogP contribution >= 0.6 is 0 Å². The highest BCUT2D eigenvalue weighted by Crippen LogP contribution is 2.42. The Morgan fingerprint density at radius 1 is 0.965 bits per heavy atom. The number of fused-ring (bicyclic) bond motifs is 2. The zero-order chi connectivity index (χ0) is 41.2. The third-order valence-corrected chi connectivity index (χ3v) is 10.6. The van der Waals surface area contributed by atoms with Crippen molar-refractivity contribution in [2.75, 3.05) is 24.5 Å². The highest BCUT2D eigenvalue weighted by atomic mass is 19.1. The summed E-state index contributed by atoms with van der Waals surface area (Å²) >= 11 is 0. The lowest BCUT2D eigenvalue weighted by atomic mass is 9.79. The number of carbonyl (C=O) groups is 4. The molecule has 12 nitrogen and oxygen atoms in total. The van der Waals surface area contributed by atoms with Gasteiger partial charge in [0.05, 0.1) is 29.9 Å². The van der Waals surface area contributed by atoms with E-state index in [0.29, 0.717) is 48.6 Å². The van der Waals surface area contributed by atoms with Crippen molar-refractivity contribution in [1.82, 2.24) is 9.80 Å². The maximum Gasteiger partial charge on any atom is 0.410 e. The van der Waals surface area contributed by atoms with Crippen molar-refractivity contribution in [3.05, 3.63) is 93.8 Å². The lowest BCUT2D eigenvalue weighted by Crippen LogP contribution is -2.48. The van der Waals surface area contributed by atoms with Gasteiger partial charge in [0.2, 0.25) is 5.91 Å². The third kappa shape index (κ3) is 9.50. The summed E-state index contributed by atoms with van der Waals surface area (Å²) in [5.41, 5.74) is 9.26. The summed E-state index contributed by atoms with van der Waals surface area (Å²) in [5.74, 6) is -1.35. The number of anilines is 1. The van der Waals surface area contributed by atoms with Gasteiger partial charge in [0.25, 0.3) is 5.91 Å². The Bertz CT molecular complexity index is 2080. The highest BCUT2D eigenvalue weighted by Gasteiger charge is 2.41. The van der Waals surface area contributed by atoms with E-state index >= 15 is 0 Å². The lowest BCUT2D eigenvalue weighted by Gasteiger charge is -2.45. The molecule has 13 heteroatoms. The van der Waals surface area contributed by atoms with Gasteiger partial charge in [-0.25, -0.2) is 9.18 Å². The summed E-state index contributed by atoms with van der Waals surface area (Å²) in [4.78, 5) is 57.4. The summed E-state index contributed by atoms with van der Waals surface area (Å²) < 4.78 is 32.5. The summed E-state index contributed by atoms with van der Waals surface area (Å²) in [6.07, 6.45) is 1.67. The van der Waals surface area contributed by atoms with E-state index in [2.05, 4.69) is 12.1 Å². The van der Waals surface area contributed by atoms with Gasteiger partial charge in [-0.05, 0) is 120 Å². The smallest absolute Gasteiger partial charge is 0.410 e. The van der Waals surface area contributed by atoms with E-state index in [1.54, 1.807) is 51.1 Å². The number of nitriles is 1.